The first kappa shape index (κ1) is 16.4. The van der Waals surface area contributed by atoms with Crippen LogP contribution in [0.2, 0.25) is 0 Å². The second-order valence-electron chi connectivity index (χ2n) is 5.30. The number of anilines is 1. The van der Waals surface area contributed by atoms with E-state index in [1.54, 1.807) is 40.6 Å². The first-order valence-corrected chi connectivity index (χ1v) is 9.95. The fourth-order valence-electron chi connectivity index (χ4n) is 1.75. The molecule has 3 rings (SSSR count). The molecule has 3 aromatic rings. The van der Waals surface area contributed by atoms with Gasteiger partial charge in [0, 0.05) is 23.9 Å². The van der Waals surface area contributed by atoms with Crippen LogP contribution in [0.4, 0.5) is 5.13 Å². The van der Waals surface area contributed by atoms with E-state index in [9.17, 15) is 0 Å². The maximum absolute atomic E-state index is 4.64. The van der Waals surface area contributed by atoms with Crippen molar-refractivity contribution in [3.63, 3.8) is 0 Å². The zero-order valence-electron chi connectivity index (χ0n) is 12.9. The number of thioether (sulfide) groups is 1. The Hall–Kier alpha value is -1.51. The monoisotopic (exact) mass is 363 g/mol. The van der Waals surface area contributed by atoms with Gasteiger partial charge >= 0.3 is 0 Å². The van der Waals surface area contributed by atoms with Crippen molar-refractivity contribution in [2.75, 3.05) is 11.9 Å². The number of nitrogens with zero attached hydrogens (tertiary/aromatic N) is 4. The van der Waals surface area contributed by atoms with Crippen molar-refractivity contribution in [2.24, 2.45) is 5.92 Å². The van der Waals surface area contributed by atoms with Gasteiger partial charge in [0.2, 0.25) is 5.13 Å². The first-order chi connectivity index (χ1) is 11.2. The summed E-state index contributed by atoms with van der Waals surface area (Å²) in [6.07, 6.45) is 1.79. The Balaban J connectivity index is 1.56. The van der Waals surface area contributed by atoms with Crippen molar-refractivity contribution in [1.82, 2.24) is 20.2 Å². The van der Waals surface area contributed by atoms with Crippen LogP contribution in [0.1, 0.15) is 19.5 Å². The summed E-state index contributed by atoms with van der Waals surface area (Å²) in [5, 5.41) is 15.6. The van der Waals surface area contributed by atoms with E-state index in [-0.39, 0.29) is 0 Å². The molecule has 0 fully saturated rings. The summed E-state index contributed by atoms with van der Waals surface area (Å²) in [6.45, 7) is 5.26. The quantitative estimate of drug-likeness (QED) is 0.627. The van der Waals surface area contributed by atoms with Crippen molar-refractivity contribution in [2.45, 2.75) is 23.9 Å². The predicted molar refractivity (Wildman–Crippen MR) is 98.1 cm³/mol. The highest BCUT2D eigenvalue weighted by atomic mass is 32.2. The lowest BCUT2D eigenvalue weighted by atomic mass is 10.2. The molecule has 3 aromatic heterocycles. The SMILES string of the molecule is CC(C)CNc1nnc(SCc2csc(-c3ccccn3)n2)s1. The van der Waals surface area contributed by atoms with Crippen molar-refractivity contribution in [1.29, 1.82) is 0 Å². The van der Waals surface area contributed by atoms with Crippen LogP contribution in [-0.2, 0) is 5.75 Å². The Morgan fingerprint density at radius 1 is 1.26 bits per heavy atom. The summed E-state index contributed by atoms with van der Waals surface area (Å²) in [5.41, 5.74) is 1.97. The predicted octanol–water partition coefficient (Wildman–Crippen LogP) is 4.42. The lowest BCUT2D eigenvalue weighted by Crippen LogP contribution is -2.07. The van der Waals surface area contributed by atoms with E-state index in [4.69, 9.17) is 0 Å². The van der Waals surface area contributed by atoms with Crippen LogP contribution in [0.5, 0.6) is 0 Å². The standard InChI is InChI=1S/C15H17N5S3/c1-10(2)7-17-14-19-20-15(23-14)22-9-11-8-21-13(18-11)12-5-3-4-6-16-12/h3-6,8,10H,7,9H2,1-2H3,(H,17,19). The maximum atomic E-state index is 4.64. The van der Waals surface area contributed by atoms with E-state index in [0.29, 0.717) is 5.92 Å². The van der Waals surface area contributed by atoms with E-state index in [1.807, 2.05) is 18.2 Å². The molecule has 3 heterocycles. The van der Waals surface area contributed by atoms with Crippen molar-refractivity contribution in [3.05, 3.63) is 35.5 Å². The van der Waals surface area contributed by atoms with Gasteiger partial charge in [0.25, 0.3) is 0 Å². The molecule has 0 amide bonds. The largest absolute Gasteiger partial charge is 0.360 e. The normalized spacial score (nSPS) is 11.1. The Morgan fingerprint density at radius 2 is 2.17 bits per heavy atom. The molecule has 0 bridgehead atoms. The average molecular weight is 364 g/mol. The summed E-state index contributed by atoms with van der Waals surface area (Å²) < 4.78 is 0.962. The third kappa shape index (κ3) is 4.73. The van der Waals surface area contributed by atoms with E-state index < -0.39 is 0 Å². The van der Waals surface area contributed by atoms with Gasteiger partial charge in [0.05, 0.1) is 11.4 Å². The highest BCUT2D eigenvalue weighted by Gasteiger charge is 2.09. The Bertz CT molecular complexity index is 738. The molecule has 0 spiro atoms. The van der Waals surface area contributed by atoms with Gasteiger partial charge in [-0.1, -0.05) is 43.0 Å². The number of hydrogen-bond acceptors (Lipinski definition) is 8. The number of aromatic nitrogens is 4. The topological polar surface area (TPSA) is 63.6 Å². The summed E-state index contributed by atoms with van der Waals surface area (Å²) >= 11 is 4.88. The van der Waals surface area contributed by atoms with Gasteiger partial charge in [0.15, 0.2) is 4.34 Å². The second kappa shape index (κ2) is 7.85. The Kier molecular flexibility index (Phi) is 5.58. The number of nitrogens with one attached hydrogen (secondary N) is 1. The highest BCUT2D eigenvalue weighted by molar-refractivity contribution is 8.00. The van der Waals surface area contributed by atoms with Crippen LogP contribution in [-0.4, -0.2) is 26.7 Å². The van der Waals surface area contributed by atoms with Crippen LogP contribution in [0.25, 0.3) is 10.7 Å². The number of thiazole rings is 1. The molecule has 8 heteroatoms. The fourth-order valence-corrected chi connectivity index (χ4v) is 4.30. The summed E-state index contributed by atoms with van der Waals surface area (Å²) in [6, 6.07) is 5.87. The molecule has 0 unspecified atom stereocenters. The van der Waals surface area contributed by atoms with Crippen LogP contribution in [0.3, 0.4) is 0 Å². The van der Waals surface area contributed by atoms with Gasteiger partial charge < -0.3 is 5.32 Å². The smallest absolute Gasteiger partial charge is 0.206 e. The van der Waals surface area contributed by atoms with Gasteiger partial charge in [-0.2, -0.15) is 0 Å². The number of pyridine rings is 1. The molecule has 0 radical (unpaired) electrons. The Morgan fingerprint density at radius 3 is 2.96 bits per heavy atom. The van der Waals surface area contributed by atoms with Crippen LogP contribution < -0.4 is 5.32 Å². The number of hydrogen-bond donors (Lipinski definition) is 1. The maximum Gasteiger partial charge on any atom is 0.206 e. The molecule has 0 aliphatic heterocycles. The minimum Gasteiger partial charge on any atom is -0.360 e. The molecular weight excluding hydrogens is 346 g/mol. The molecule has 23 heavy (non-hydrogen) atoms. The number of rotatable bonds is 7. The van der Waals surface area contributed by atoms with Crippen molar-refractivity contribution < 1.29 is 0 Å². The van der Waals surface area contributed by atoms with Crippen LogP contribution >= 0.6 is 34.4 Å². The molecule has 0 saturated heterocycles. The molecule has 1 N–H and O–H groups in total. The fraction of sp³-hybridized carbons (Fsp3) is 0.333. The lowest BCUT2D eigenvalue weighted by Gasteiger charge is -2.03. The summed E-state index contributed by atoms with van der Waals surface area (Å²) in [5.74, 6) is 1.39. The van der Waals surface area contributed by atoms with Crippen LogP contribution in [0, 0.1) is 5.92 Å². The molecule has 5 nitrogen and oxygen atoms in total. The minimum atomic E-state index is 0.593. The van der Waals surface area contributed by atoms with Crippen molar-refractivity contribution >= 4 is 39.6 Å². The van der Waals surface area contributed by atoms with Gasteiger partial charge in [0.1, 0.15) is 5.01 Å². The molecule has 0 aliphatic rings. The summed E-state index contributed by atoms with van der Waals surface area (Å²) in [7, 11) is 0. The average Bonchev–Trinajstić information content (AvgIpc) is 3.21. The minimum absolute atomic E-state index is 0.593. The molecule has 0 aromatic carbocycles. The Labute approximate surface area is 147 Å². The van der Waals surface area contributed by atoms with Gasteiger partial charge in [-0.05, 0) is 18.1 Å². The summed E-state index contributed by atoms with van der Waals surface area (Å²) in [4.78, 5) is 8.97. The van der Waals surface area contributed by atoms with Gasteiger partial charge in [-0.3, -0.25) is 4.98 Å². The van der Waals surface area contributed by atoms with Gasteiger partial charge in [-0.15, -0.1) is 21.5 Å². The van der Waals surface area contributed by atoms with E-state index in [1.165, 1.54) is 0 Å². The van der Waals surface area contributed by atoms with Crippen molar-refractivity contribution in [3.8, 4) is 10.7 Å². The van der Waals surface area contributed by atoms with E-state index in [0.717, 1.165) is 38.2 Å². The lowest BCUT2D eigenvalue weighted by molar-refractivity contribution is 0.687. The second-order valence-corrected chi connectivity index (χ2v) is 8.35. The van der Waals surface area contributed by atoms with Crippen LogP contribution in [0.15, 0.2) is 34.1 Å². The third-order valence-electron chi connectivity index (χ3n) is 2.85. The highest BCUT2D eigenvalue weighted by Crippen LogP contribution is 2.30. The first-order valence-electron chi connectivity index (χ1n) is 7.26. The van der Waals surface area contributed by atoms with E-state index in [2.05, 4.69) is 44.7 Å². The zero-order valence-corrected chi connectivity index (χ0v) is 15.3. The van der Waals surface area contributed by atoms with Gasteiger partial charge in [-0.25, -0.2) is 4.98 Å². The molecule has 0 atom stereocenters. The molecular formula is C15H17N5S3. The third-order valence-corrected chi connectivity index (χ3v) is 5.81. The molecule has 0 saturated carbocycles. The molecule has 120 valence electrons. The van der Waals surface area contributed by atoms with E-state index >= 15 is 0 Å². The molecule has 0 aliphatic carbocycles. The zero-order chi connectivity index (χ0) is 16.1.